The minimum absolute atomic E-state index is 0.0187. The Morgan fingerprint density at radius 1 is 1.17 bits per heavy atom. The lowest BCUT2D eigenvalue weighted by Gasteiger charge is -2.37. The molecule has 3 heterocycles. The van der Waals surface area contributed by atoms with Crippen molar-refractivity contribution in [3.05, 3.63) is 41.2 Å². The maximum atomic E-state index is 12.2. The van der Waals surface area contributed by atoms with Gasteiger partial charge in [-0.15, -0.1) is 0 Å². The number of rotatable bonds is 4. The molecule has 8 heteroatoms. The molecule has 8 nitrogen and oxygen atoms in total. The lowest BCUT2D eigenvalue weighted by molar-refractivity contribution is -0.120. The highest BCUT2D eigenvalue weighted by Crippen LogP contribution is 2.31. The number of aryl methyl sites for hydroxylation is 1. The fourth-order valence-corrected chi connectivity index (χ4v) is 4.24. The van der Waals surface area contributed by atoms with Crippen molar-refractivity contribution in [2.24, 2.45) is 0 Å². The molecule has 2 aromatic heterocycles. The fourth-order valence-electron chi connectivity index (χ4n) is 4.24. The molecule has 0 saturated heterocycles. The Morgan fingerprint density at radius 3 is 2.73 bits per heavy atom. The maximum absolute atomic E-state index is 12.2. The van der Waals surface area contributed by atoms with Crippen LogP contribution in [0.3, 0.4) is 0 Å². The first-order chi connectivity index (χ1) is 14.5. The first kappa shape index (κ1) is 18.6. The van der Waals surface area contributed by atoms with E-state index >= 15 is 0 Å². The molecular formula is C22H24N6O2. The smallest absolute Gasteiger partial charge is 0.253 e. The summed E-state index contributed by atoms with van der Waals surface area (Å²) < 4.78 is 0. The molecule has 0 unspecified atom stereocenters. The summed E-state index contributed by atoms with van der Waals surface area (Å²) in [6.07, 6.45) is 2.72. The second kappa shape index (κ2) is 7.12. The SMILES string of the molecule is CC(=O)N[C@H]1CC[C@H]1Nc1nc2c(-c3cc4c([nH]3)CCNC4=O)cccc2nc1C. The van der Waals surface area contributed by atoms with Crippen LogP contribution in [0, 0.1) is 6.92 Å². The Hall–Kier alpha value is -3.42. The van der Waals surface area contributed by atoms with E-state index in [-0.39, 0.29) is 23.9 Å². The number of benzene rings is 1. The van der Waals surface area contributed by atoms with E-state index in [1.807, 2.05) is 31.2 Å². The van der Waals surface area contributed by atoms with E-state index in [9.17, 15) is 9.59 Å². The molecule has 1 saturated carbocycles. The number of fused-ring (bicyclic) bond motifs is 2. The number of nitrogens with one attached hydrogen (secondary N) is 4. The van der Waals surface area contributed by atoms with E-state index in [1.165, 1.54) is 0 Å². The second-order valence-electron chi connectivity index (χ2n) is 8.05. The number of H-pyrrole nitrogens is 1. The lowest BCUT2D eigenvalue weighted by Crippen LogP contribution is -2.53. The van der Waals surface area contributed by atoms with Crippen LogP contribution in [-0.4, -0.2) is 45.4 Å². The number of nitrogens with zero attached hydrogens (tertiary/aromatic N) is 2. The van der Waals surface area contributed by atoms with Crippen LogP contribution in [0.1, 0.15) is 41.5 Å². The van der Waals surface area contributed by atoms with Crippen molar-refractivity contribution in [3.8, 4) is 11.3 Å². The van der Waals surface area contributed by atoms with E-state index < -0.39 is 0 Å². The van der Waals surface area contributed by atoms with Gasteiger partial charge in [-0.1, -0.05) is 12.1 Å². The molecule has 1 aromatic carbocycles. The third kappa shape index (κ3) is 3.18. The van der Waals surface area contributed by atoms with E-state index in [1.54, 1.807) is 6.92 Å². The average molecular weight is 404 g/mol. The van der Waals surface area contributed by atoms with Gasteiger partial charge in [-0.25, -0.2) is 9.97 Å². The molecule has 154 valence electrons. The predicted octanol–water partition coefficient (Wildman–Crippen LogP) is 2.30. The Morgan fingerprint density at radius 2 is 2.00 bits per heavy atom. The quantitative estimate of drug-likeness (QED) is 0.533. The van der Waals surface area contributed by atoms with Gasteiger partial charge in [-0.05, 0) is 31.9 Å². The molecule has 2 atom stereocenters. The molecular weight excluding hydrogens is 380 g/mol. The van der Waals surface area contributed by atoms with Gasteiger partial charge in [0.1, 0.15) is 11.3 Å². The average Bonchev–Trinajstić information content (AvgIpc) is 3.14. The number of carbonyl (C=O) groups is 2. The molecule has 0 radical (unpaired) electrons. The normalized spacial score (nSPS) is 20.3. The van der Waals surface area contributed by atoms with Crippen LogP contribution in [0.5, 0.6) is 0 Å². The van der Waals surface area contributed by atoms with Crippen molar-refractivity contribution < 1.29 is 9.59 Å². The summed E-state index contributed by atoms with van der Waals surface area (Å²) in [4.78, 5) is 36.6. The topological polar surface area (TPSA) is 112 Å². The summed E-state index contributed by atoms with van der Waals surface area (Å²) in [6.45, 7) is 4.12. The Labute approximate surface area is 173 Å². The fraction of sp³-hybridized carbons (Fsp3) is 0.364. The van der Waals surface area contributed by atoms with E-state index in [4.69, 9.17) is 9.97 Å². The van der Waals surface area contributed by atoms with Crippen molar-refractivity contribution in [2.45, 2.75) is 45.2 Å². The third-order valence-corrected chi connectivity index (χ3v) is 5.95. The van der Waals surface area contributed by atoms with Gasteiger partial charge in [-0.2, -0.15) is 0 Å². The number of aromatic amines is 1. The first-order valence-electron chi connectivity index (χ1n) is 10.3. The minimum atomic E-state index is -0.0442. The Balaban J connectivity index is 1.52. The van der Waals surface area contributed by atoms with Crippen LogP contribution in [0.2, 0.25) is 0 Å². The van der Waals surface area contributed by atoms with Gasteiger partial charge in [0, 0.05) is 48.9 Å². The largest absolute Gasteiger partial charge is 0.364 e. The molecule has 0 bridgehead atoms. The number of amides is 2. The highest BCUT2D eigenvalue weighted by Gasteiger charge is 2.32. The van der Waals surface area contributed by atoms with Crippen molar-refractivity contribution in [1.29, 1.82) is 0 Å². The monoisotopic (exact) mass is 404 g/mol. The molecule has 1 aliphatic carbocycles. The van der Waals surface area contributed by atoms with Crippen LogP contribution in [0.4, 0.5) is 5.82 Å². The number of aromatic nitrogens is 3. The zero-order chi connectivity index (χ0) is 20.8. The summed E-state index contributed by atoms with van der Waals surface area (Å²) in [6, 6.07) is 8.05. The molecule has 3 aromatic rings. The van der Waals surface area contributed by atoms with Gasteiger partial charge >= 0.3 is 0 Å². The Kier molecular flexibility index (Phi) is 4.42. The van der Waals surface area contributed by atoms with Crippen LogP contribution in [0.25, 0.3) is 22.3 Å². The number of hydrogen-bond donors (Lipinski definition) is 4. The number of hydrogen-bond acceptors (Lipinski definition) is 5. The molecule has 2 aliphatic rings. The van der Waals surface area contributed by atoms with Crippen molar-refractivity contribution >= 4 is 28.7 Å². The third-order valence-electron chi connectivity index (χ3n) is 5.95. The number of carbonyl (C=O) groups excluding carboxylic acids is 2. The van der Waals surface area contributed by atoms with Crippen LogP contribution < -0.4 is 16.0 Å². The molecule has 5 rings (SSSR count). The predicted molar refractivity (Wildman–Crippen MR) is 114 cm³/mol. The summed E-state index contributed by atoms with van der Waals surface area (Å²) in [7, 11) is 0. The molecule has 4 N–H and O–H groups in total. The lowest BCUT2D eigenvalue weighted by atomic mass is 9.86. The van der Waals surface area contributed by atoms with Gasteiger partial charge in [0.2, 0.25) is 5.91 Å². The summed E-state index contributed by atoms with van der Waals surface area (Å²) in [5.74, 6) is 0.663. The molecule has 0 spiro atoms. The van der Waals surface area contributed by atoms with Gasteiger partial charge in [0.25, 0.3) is 5.91 Å². The van der Waals surface area contributed by atoms with E-state index in [2.05, 4.69) is 20.9 Å². The highest BCUT2D eigenvalue weighted by atomic mass is 16.2. The highest BCUT2D eigenvalue weighted by molar-refractivity contribution is 5.99. The van der Waals surface area contributed by atoms with Crippen LogP contribution >= 0.6 is 0 Å². The minimum Gasteiger partial charge on any atom is -0.364 e. The molecule has 2 amide bonds. The van der Waals surface area contributed by atoms with E-state index in [0.29, 0.717) is 12.1 Å². The van der Waals surface area contributed by atoms with E-state index in [0.717, 1.165) is 58.8 Å². The first-order valence-corrected chi connectivity index (χ1v) is 10.3. The standard InChI is InChI=1S/C22H24N6O2/c1-11-21(27-17-7-6-16(17)25-12(2)29)28-20-13(4-3-5-18(20)24-11)19-10-14-15(26-19)8-9-23-22(14)30/h3-5,10,16-17,26H,6-9H2,1-2H3,(H,23,30)(H,25,29)(H,27,28)/t16-,17+/m0/s1. The maximum Gasteiger partial charge on any atom is 0.253 e. The molecule has 1 aliphatic heterocycles. The van der Waals surface area contributed by atoms with Crippen LogP contribution in [0.15, 0.2) is 24.3 Å². The molecule has 1 fully saturated rings. The zero-order valence-corrected chi connectivity index (χ0v) is 17.0. The summed E-state index contributed by atoms with van der Waals surface area (Å²) >= 11 is 0. The zero-order valence-electron chi connectivity index (χ0n) is 17.0. The van der Waals surface area contributed by atoms with Gasteiger partial charge in [0.15, 0.2) is 0 Å². The van der Waals surface area contributed by atoms with Crippen molar-refractivity contribution in [1.82, 2.24) is 25.6 Å². The second-order valence-corrected chi connectivity index (χ2v) is 8.05. The Bertz CT molecular complexity index is 1170. The van der Waals surface area contributed by atoms with Gasteiger partial charge in [0.05, 0.1) is 16.8 Å². The number of anilines is 1. The van der Waals surface area contributed by atoms with Gasteiger partial charge < -0.3 is 20.9 Å². The summed E-state index contributed by atoms with van der Waals surface area (Å²) in [5, 5.41) is 9.33. The van der Waals surface area contributed by atoms with Crippen LogP contribution in [-0.2, 0) is 11.2 Å². The van der Waals surface area contributed by atoms with Crippen molar-refractivity contribution in [3.63, 3.8) is 0 Å². The summed E-state index contributed by atoms with van der Waals surface area (Å²) in [5.41, 5.74) is 5.83. The van der Waals surface area contributed by atoms with Crippen molar-refractivity contribution in [2.75, 3.05) is 11.9 Å². The number of para-hydroxylation sites is 1. The van der Waals surface area contributed by atoms with Gasteiger partial charge in [-0.3, -0.25) is 9.59 Å². The molecule has 30 heavy (non-hydrogen) atoms.